The van der Waals surface area contributed by atoms with Gasteiger partial charge in [0.05, 0.1) is 23.5 Å². The molecule has 2 heterocycles. The molecule has 0 aliphatic rings. The van der Waals surface area contributed by atoms with Gasteiger partial charge in [0.2, 0.25) is 0 Å². The van der Waals surface area contributed by atoms with E-state index < -0.39 is 5.97 Å². The first kappa shape index (κ1) is 13.3. The van der Waals surface area contributed by atoms with Crippen molar-refractivity contribution in [3.8, 4) is 11.1 Å². The summed E-state index contributed by atoms with van der Waals surface area (Å²) >= 11 is 0. The lowest BCUT2D eigenvalue weighted by Gasteiger charge is -2.08. The maximum Gasteiger partial charge on any atom is 0.336 e. The molecule has 2 N–H and O–H groups in total. The first-order valence-corrected chi connectivity index (χ1v) is 6.99. The summed E-state index contributed by atoms with van der Waals surface area (Å²) in [4.78, 5) is 26.5. The third-order valence-corrected chi connectivity index (χ3v) is 3.96. The van der Waals surface area contributed by atoms with Gasteiger partial charge in [0.25, 0.3) is 5.56 Å². The maximum absolute atomic E-state index is 12.3. The van der Waals surface area contributed by atoms with Crippen molar-refractivity contribution in [1.29, 1.82) is 0 Å². The molecule has 4 aromatic rings. The summed E-state index contributed by atoms with van der Waals surface area (Å²) < 4.78 is 5.09. The average Bonchev–Trinajstić information content (AvgIpc) is 3.08. The SMILES string of the molecule is O=C(O)c1cc2cc[nH]c(=O)c2c2cc(-c3ccoc3)ccc12. The van der Waals surface area contributed by atoms with E-state index in [0.29, 0.717) is 21.5 Å². The van der Waals surface area contributed by atoms with Crippen LogP contribution in [0.5, 0.6) is 0 Å². The van der Waals surface area contributed by atoms with E-state index in [-0.39, 0.29) is 11.1 Å². The molecular weight excluding hydrogens is 294 g/mol. The number of carboxylic acids is 1. The van der Waals surface area contributed by atoms with Crippen molar-refractivity contribution in [3.05, 3.63) is 71.0 Å². The Balaban J connectivity index is 2.20. The molecule has 0 fully saturated rings. The van der Waals surface area contributed by atoms with Crippen molar-refractivity contribution in [2.45, 2.75) is 0 Å². The largest absolute Gasteiger partial charge is 0.478 e. The van der Waals surface area contributed by atoms with Crippen LogP contribution in [-0.2, 0) is 0 Å². The third-order valence-electron chi connectivity index (χ3n) is 3.96. The van der Waals surface area contributed by atoms with Crippen LogP contribution in [0.25, 0.3) is 32.7 Å². The Bertz CT molecular complexity index is 1110. The number of aromatic nitrogens is 1. The van der Waals surface area contributed by atoms with Crippen LogP contribution in [0.4, 0.5) is 0 Å². The summed E-state index contributed by atoms with van der Waals surface area (Å²) in [5, 5.41) is 11.7. The van der Waals surface area contributed by atoms with Crippen molar-refractivity contribution in [1.82, 2.24) is 4.98 Å². The number of carboxylic acid groups (broad SMARTS) is 1. The lowest BCUT2D eigenvalue weighted by Crippen LogP contribution is -2.07. The van der Waals surface area contributed by atoms with Crippen molar-refractivity contribution < 1.29 is 14.3 Å². The predicted octanol–water partition coefficient (Wildman–Crippen LogP) is 3.64. The first-order chi connectivity index (χ1) is 11.1. The van der Waals surface area contributed by atoms with E-state index in [1.165, 1.54) is 12.3 Å². The number of carbonyl (C=O) groups is 1. The molecule has 0 aliphatic heterocycles. The zero-order chi connectivity index (χ0) is 16.0. The first-order valence-electron chi connectivity index (χ1n) is 6.99. The Morgan fingerprint density at radius 1 is 1.04 bits per heavy atom. The second-order valence-corrected chi connectivity index (χ2v) is 5.27. The number of aromatic carboxylic acids is 1. The molecule has 0 radical (unpaired) electrons. The van der Waals surface area contributed by atoms with Crippen molar-refractivity contribution in [2.24, 2.45) is 0 Å². The highest BCUT2D eigenvalue weighted by atomic mass is 16.4. The molecule has 0 amide bonds. The number of pyridine rings is 1. The van der Waals surface area contributed by atoms with Gasteiger partial charge in [-0.25, -0.2) is 4.79 Å². The Labute approximate surface area is 129 Å². The summed E-state index contributed by atoms with van der Waals surface area (Å²) in [6.45, 7) is 0. The van der Waals surface area contributed by atoms with Crippen LogP contribution in [0.3, 0.4) is 0 Å². The van der Waals surface area contributed by atoms with Gasteiger partial charge in [-0.1, -0.05) is 12.1 Å². The van der Waals surface area contributed by atoms with Crippen LogP contribution in [0.2, 0.25) is 0 Å². The fourth-order valence-corrected chi connectivity index (χ4v) is 2.90. The van der Waals surface area contributed by atoms with Gasteiger partial charge in [-0.15, -0.1) is 0 Å². The Morgan fingerprint density at radius 2 is 1.91 bits per heavy atom. The van der Waals surface area contributed by atoms with E-state index in [1.807, 2.05) is 18.2 Å². The van der Waals surface area contributed by atoms with Gasteiger partial charge >= 0.3 is 5.97 Å². The van der Waals surface area contributed by atoms with Crippen molar-refractivity contribution in [3.63, 3.8) is 0 Å². The van der Waals surface area contributed by atoms with Gasteiger partial charge < -0.3 is 14.5 Å². The van der Waals surface area contributed by atoms with Crippen molar-refractivity contribution in [2.75, 3.05) is 0 Å². The highest BCUT2D eigenvalue weighted by Gasteiger charge is 2.14. The summed E-state index contributed by atoms with van der Waals surface area (Å²) in [7, 11) is 0. The minimum atomic E-state index is -1.02. The van der Waals surface area contributed by atoms with Crippen molar-refractivity contribution >= 4 is 27.5 Å². The maximum atomic E-state index is 12.3. The van der Waals surface area contributed by atoms with Gasteiger partial charge in [0, 0.05) is 11.8 Å². The van der Waals surface area contributed by atoms with Gasteiger partial charge in [-0.05, 0) is 46.0 Å². The average molecular weight is 305 g/mol. The Kier molecular flexibility index (Phi) is 2.81. The van der Waals surface area contributed by atoms with Crippen LogP contribution in [0.1, 0.15) is 10.4 Å². The quantitative estimate of drug-likeness (QED) is 0.554. The zero-order valence-electron chi connectivity index (χ0n) is 11.9. The second kappa shape index (κ2) is 4.84. The highest BCUT2D eigenvalue weighted by molar-refractivity contribution is 6.16. The molecule has 0 bridgehead atoms. The smallest absolute Gasteiger partial charge is 0.336 e. The number of furan rings is 1. The molecule has 0 atom stereocenters. The van der Waals surface area contributed by atoms with E-state index in [9.17, 15) is 14.7 Å². The van der Waals surface area contributed by atoms with Crippen LogP contribution in [0.15, 0.2) is 64.3 Å². The molecule has 2 aromatic heterocycles. The fraction of sp³-hybridized carbons (Fsp3) is 0. The van der Waals surface area contributed by atoms with E-state index >= 15 is 0 Å². The topological polar surface area (TPSA) is 83.3 Å². The monoisotopic (exact) mass is 305 g/mol. The van der Waals surface area contributed by atoms with Gasteiger partial charge in [-0.2, -0.15) is 0 Å². The number of hydrogen-bond donors (Lipinski definition) is 2. The molecule has 4 rings (SSSR count). The molecule has 0 aliphatic carbocycles. The number of benzene rings is 2. The molecule has 112 valence electrons. The van der Waals surface area contributed by atoms with E-state index in [1.54, 1.807) is 24.7 Å². The summed E-state index contributed by atoms with van der Waals surface area (Å²) in [5.74, 6) is -1.02. The number of nitrogens with one attached hydrogen (secondary N) is 1. The molecule has 0 spiro atoms. The molecule has 5 heteroatoms. The van der Waals surface area contributed by atoms with Gasteiger partial charge in [-0.3, -0.25) is 4.79 Å². The number of rotatable bonds is 2. The molecule has 23 heavy (non-hydrogen) atoms. The van der Waals surface area contributed by atoms with E-state index in [4.69, 9.17) is 4.42 Å². The second-order valence-electron chi connectivity index (χ2n) is 5.27. The molecule has 0 unspecified atom stereocenters. The normalized spacial score (nSPS) is 11.1. The lowest BCUT2D eigenvalue weighted by atomic mass is 9.95. The molecule has 2 aromatic carbocycles. The minimum Gasteiger partial charge on any atom is -0.478 e. The Hall–Kier alpha value is -3.34. The number of H-pyrrole nitrogens is 1. The predicted molar refractivity (Wildman–Crippen MR) is 86.7 cm³/mol. The van der Waals surface area contributed by atoms with Crippen LogP contribution in [0, 0.1) is 0 Å². The molecule has 0 saturated heterocycles. The number of fused-ring (bicyclic) bond motifs is 3. The van der Waals surface area contributed by atoms with Gasteiger partial charge in [0.1, 0.15) is 0 Å². The summed E-state index contributed by atoms with van der Waals surface area (Å²) in [5.41, 5.74) is 1.66. The standard InChI is InChI=1S/C18H11NO4/c20-17-16-11(3-5-19-17)8-15(18(21)22)13-2-1-10(7-14(13)16)12-4-6-23-9-12/h1-9H,(H,19,20)(H,21,22). The molecule has 5 nitrogen and oxygen atoms in total. The summed E-state index contributed by atoms with van der Waals surface area (Å²) in [6.07, 6.45) is 4.69. The Morgan fingerprint density at radius 3 is 2.65 bits per heavy atom. The van der Waals surface area contributed by atoms with Crippen LogP contribution < -0.4 is 5.56 Å². The van der Waals surface area contributed by atoms with Gasteiger partial charge in [0.15, 0.2) is 0 Å². The van der Waals surface area contributed by atoms with E-state index in [0.717, 1.165) is 11.1 Å². The molecular formula is C18H11NO4. The molecule has 0 saturated carbocycles. The zero-order valence-corrected chi connectivity index (χ0v) is 11.9. The summed E-state index contributed by atoms with van der Waals surface area (Å²) in [6, 6.07) is 10.4. The number of hydrogen-bond acceptors (Lipinski definition) is 3. The highest BCUT2D eigenvalue weighted by Crippen LogP contribution is 2.31. The van der Waals surface area contributed by atoms with Crippen LogP contribution >= 0.6 is 0 Å². The third kappa shape index (κ3) is 2.02. The number of aromatic amines is 1. The lowest BCUT2D eigenvalue weighted by molar-refractivity contribution is 0.0699. The fourth-order valence-electron chi connectivity index (χ4n) is 2.90. The minimum absolute atomic E-state index is 0.178. The van der Waals surface area contributed by atoms with Crippen LogP contribution in [-0.4, -0.2) is 16.1 Å². The van der Waals surface area contributed by atoms with E-state index in [2.05, 4.69) is 4.98 Å².